The second-order valence-electron chi connectivity index (χ2n) is 8.94. The first kappa shape index (κ1) is 38.2. The van der Waals surface area contributed by atoms with Gasteiger partial charge in [-0.05, 0) is 27.2 Å². The molecular formula is C27H60F2N2O3. The van der Waals surface area contributed by atoms with Crippen molar-refractivity contribution in [3.8, 4) is 0 Å². The summed E-state index contributed by atoms with van der Waals surface area (Å²) in [4.78, 5) is 0. The molecule has 0 heterocycles. The van der Waals surface area contributed by atoms with Gasteiger partial charge < -0.3 is 19.9 Å². The molecule has 0 bridgehead atoms. The third-order valence-corrected chi connectivity index (χ3v) is 6.13. The SMILES string of the molecule is CCCCCCCCCCCCCCCCCCNC(OCC)(OCC)C(CN)OCC.F.F. The average molecular weight is 499 g/mol. The maximum Gasteiger partial charge on any atom is 0.256 e. The van der Waals surface area contributed by atoms with Crippen LogP contribution in [0.25, 0.3) is 0 Å². The Balaban J connectivity index is -0.00000480. The standard InChI is InChI=1S/C27H58N2O3.2FH/c1-5-9-10-11-12-13-14-15-16-17-18-19-20-21-22-23-24-29-27(31-7-3,32-8-4)26(25-28)30-6-2;;/h26,29H,5-25,28H2,1-4H3;2*1H. The lowest BCUT2D eigenvalue weighted by molar-refractivity contribution is -0.303. The fraction of sp³-hybridized carbons (Fsp3) is 1.00. The molecule has 0 aromatic carbocycles. The molecule has 0 aliphatic rings. The van der Waals surface area contributed by atoms with Crippen molar-refractivity contribution in [2.45, 2.75) is 142 Å². The molecule has 7 heteroatoms. The van der Waals surface area contributed by atoms with Gasteiger partial charge in [0, 0.05) is 32.9 Å². The van der Waals surface area contributed by atoms with E-state index < -0.39 is 5.91 Å². The number of hydrogen-bond donors (Lipinski definition) is 2. The quantitative estimate of drug-likeness (QED) is 0.0972. The molecule has 0 saturated heterocycles. The van der Waals surface area contributed by atoms with E-state index in [1.807, 2.05) is 20.8 Å². The summed E-state index contributed by atoms with van der Waals surface area (Å²) in [6.45, 7) is 11.1. The van der Waals surface area contributed by atoms with Crippen LogP contribution in [0.1, 0.15) is 130 Å². The Morgan fingerprint density at radius 2 is 0.971 bits per heavy atom. The first-order valence-corrected chi connectivity index (χ1v) is 14.0. The molecule has 0 aromatic heterocycles. The molecule has 0 saturated carbocycles. The summed E-state index contributed by atoms with van der Waals surface area (Å²) in [5.74, 6) is -0.941. The van der Waals surface area contributed by atoms with E-state index in [4.69, 9.17) is 19.9 Å². The highest BCUT2D eigenvalue weighted by atomic mass is 19.0. The van der Waals surface area contributed by atoms with Crippen LogP contribution in [0.15, 0.2) is 0 Å². The molecule has 0 rings (SSSR count). The number of nitrogens with two attached hydrogens (primary N) is 1. The lowest BCUT2D eigenvalue weighted by Gasteiger charge is -2.39. The Bertz CT molecular complexity index is 374. The predicted octanol–water partition coefficient (Wildman–Crippen LogP) is 7.23. The van der Waals surface area contributed by atoms with E-state index in [1.165, 1.54) is 96.3 Å². The second kappa shape index (κ2) is 28.9. The topological polar surface area (TPSA) is 65.7 Å². The van der Waals surface area contributed by atoms with Crippen molar-refractivity contribution in [1.82, 2.24) is 5.32 Å². The highest BCUT2D eigenvalue weighted by Crippen LogP contribution is 2.19. The Labute approximate surface area is 210 Å². The van der Waals surface area contributed by atoms with Gasteiger partial charge >= 0.3 is 0 Å². The summed E-state index contributed by atoms with van der Waals surface area (Å²) >= 11 is 0. The van der Waals surface area contributed by atoms with Crippen molar-refractivity contribution in [3.63, 3.8) is 0 Å². The summed E-state index contributed by atoms with van der Waals surface area (Å²) < 4.78 is 17.7. The molecule has 210 valence electrons. The monoisotopic (exact) mass is 498 g/mol. The number of hydrogen-bond acceptors (Lipinski definition) is 5. The van der Waals surface area contributed by atoms with E-state index in [0.29, 0.717) is 26.4 Å². The van der Waals surface area contributed by atoms with Crippen LogP contribution in [-0.2, 0) is 14.2 Å². The van der Waals surface area contributed by atoms with Crippen molar-refractivity contribution < 1.29 is 23.6 Å². The van der Waals surface area contributed by atoms with Gasteiger partial charge in [-0.3, -0.25) is 14.7 Å². The minimum Gasteiger partial charge on any atom is -0.370 e. The smallest absolute Gasteiger partial charge is 0.256 e. The molecule has 0 aliphatic carbocycles. The van der Waals surface area contributed by atoms with Crippen molar-refractivity contribution in [1.29, 1.82) is 0 Å². The predicted molar refractivity (Wildman–Crippen MR) is 143 cm³/mol. The number of nitrogens with one attached hydrogen (secondary N) is 1. The van der Waals surface area contributed by atoms with Crippen LogP contribution in [0.5, 0.6) is 0 Å². The van der Waals surface area contributed by atoms with E-state index in [1.54, 1.807) is 0 Å². The van der Waals surface area contributed by atoms with Gasteiger partial charge in [0.1, 0.15) is 6.10 Å². The van der Waals surface area contributed by atoms with Crippen LogP contribution in [0, 0.1) is 0 Å². The van der Waals surface area contributed by atoms with Crippen LogP contribution in [0.3, 0.4) is 0 Å². The van der Waals surface area contributed by atoms with Gasteiger partial charge in [-0.25, -0.2) is 0 Å². The highest BCUT2D eigenvalue weighted by molar-refractivity contribution is 4.80. The van der Waals surface area contributed by atoms with Crippen molar-refractivity contribution in [3.05, 3.63) is 0 Å². The third-order valence-electron chi connectivity index (χ3n) is 6.13. The third kappa shape index (κ3) is 19.9. The van der Waals surface area contributed by atoms with Crippen molar-refractivity contribution in [2.75, 3.05) is 32.9 Å². The van der Waals surface area contributed by atoms with E-state index in [-0.39, 0.29) is 15.5 Å². The zero-order valence-electron chi connectivity index (χ0n) is 23.0. The lowest BCUT2D eigenvalue weighted by Crippen LogP contribution is -2.62. The molecule has 34 heavy (non-hydrogen) atoms. The number of unbranched alkanes of at least 4 members (excludes halogenated alkanes) is 15. The molecule has 1 atom stereocenters. The fourth-order valence-electron chi connectivity index (χ4n) is 4.34. The van der Waals surface area contributed by atoms with Gasteiger partial charge in [0.2, 0.25) is 0 Å². The van der Waals surface area contributed by atoms with E-state index in [2.05, 4.69) is 12.2 Å². The molecule has 0 aliphatic heterocycles. The summed E-state index contributed by atoms with van der Waals surface area (Å²) in [7, 11) is 0. The van der Waals surface area contributed by atoms with Crippen LogP contribution < -0.4 is 11.1 Å². The van der Waals surface area contributed by atoms with Gasteiger partial charge in [0.05, 0.1) is 0 Å². The number of halogens is 2. The first-order chi connectivity index (χ1) is 15.7. The van der Waals surface area contributed by atoms with Crippen LogP contribution in [0.4, 0.5) is 9.41 Å². The summed E-state index contributed by atoms with van der Waals surface area (Å²) in [6, 6.07) is 0. The molecule has 0 spiro atoms. The van der Waals surface area contributed by atoms with Gasteiger partial charge in [0.15, 0.2) is 0 Å². The average Bonchev–Trinajstić information content (AvgIpc) is 2.79. The molecule has 0 radical (unpaired) electrons. The zero-order chi connectivity index (χ0) is 23.8. The second-order valence-corrected chi connectivity index (χ2v) is 8.94. The fourth-order valence-corrected chi connectivity index (χ4v) is 4.34. The Hall–Kier alpha value is -0.340. The van der Waals surface area contributed by atoms with Gasteiger partial charge in [-0.15, -0.1) is 0 Å². The Kier molecular flexibility index (Phi) is 32.5. The molecule has 0 aromatic rings. The minimum absolute atomic E-state index is 0. The minimum atomic E-state index is -0.941. The Morgan fingerprint density at radius 3 is 1.29 bits per heavy atom. The van der Waals surface area contributed by atoms with Crippen LogP contribution >= 0.6 is 0 Å². The normalized spacial score (nSPS) is 12.3. The maximum atomic E-state index is 5.97. The summed E-state index contributed by atoms with van der Waals surface area (Å²) in [6.07, 6.45) is 21.8. The molecule has 3 N–H and O–H groups in total. The number of rotatable bonds is 26. The summed E-state index contributed by atoms with van der Waals surface area (Å²) in [5, 5.41) is 3.47. The molecule has 5 nitrogen and oxygen atoms in total. The molecule has 0 fully saturated rings. The summed E-state index contributed by atoms with van der Waals surface area (Å²) in [5.41, 5.74) is 5.95. The zero-order valence-corrected chi connectivity index (χ0v) is 23.0. The van der Waals surface area contributed by atoms with Gasteiger partial charge in [-0.2, -0.15) is 0 Å². The Morgan fingerprint density at radius 1 is 0.588 bits per heavy atom. The van der Waals surface area contributed by atoms with E-state index >= 15 is 0 Å². The highest BCUT2D eigenvalue weighted by Gasteiger charge is 2.40. The largest absolute Gasteiger partial charge is 0.370 e. The van der Waals surface area contributed by atoms with Crippen molar-refractivity contribution >= 4 is 0 Å². The van der Waals surface area contributed by atoms with Gasteiger partial charge in [-0.1, -0.05) is 103 Å². The number of ether oxygens (including phenoxy) is 3. The van der Waals surface area contributed by atoms with Crippen LogP contribution in [0.2, 0.25) is 0 Å². The van der Waals surface area contributed by atoms with Crippen molar-refractivity contribution in [2.24, 2.45) is 5.73 Å². The molecule has 0 amide bonds. The first-order valence-electron chi connectivity index (χ1n) is 14.0. The lowest BCUT2D eigenvalue weighted by atomic mass is 10.0. The van der Waals surface area contributed by atoms with E-state index in [0.717, 1.165) is 13.0 Å². The van der Waals surface area contributed by atoms with Gasteiger partial charge in [0.25, 0.3) is 5.91 Å². The van der Waals surface area contributed by atoms with E-state index in [9.17, 15) is 0 Å². The van der Waals surface area contributed by atoms with Crippen LogP contribution in [-0.4, -0.2) is 44.9 Å². The maximum absolute atomic E-state index is 5.97. The molecule has 1 unspecified atom stereocenters. The molecular weight excluding hydrogens is 438 g/mol.